The number of anilines is 1. The van der Waals surface area contributed by atoms with Gasteiger partial charge in [0.05, 0.1) is 36.9 Å². The SMILES string of the molecule is C=C(C)/N=C\N(N)c1ncc(OC)c2c(C(=O)C(=O)OC)c[nH]c12. The molecule has 2 heterocycles. The molecule has 126 valence electrons. The van der Waals surface area contributed by atoms with Crippen LogP contribution in [0.4, 0.5) is 5.82 Å². The first kappa shape index (κ1) is 17.2. The van der Waals surface area contributed by atoms with E-state index in [1.807, 2.05) is 0 Å². The molecule has 0 unspecified atom stereocenters. The first-order valence-corrected chi connectivity index (χ1v) is 6.81. The average molecular weight is 331 g/mol. The average Bonchev–Trinajstić information content (AvgIpc) is 3.02. The van der Waals surface area contributed by atoms with E-state index >= 15 is 0 Å². The second-order valence-corrected chi connectivity index (χ2v) is 4.81. The van der Waals surface area contributed by atoms with Crippen molar-refractivity contribution >= 4 is 34.8 Å². The standard InChI is InChI=1S/C15H17N5O4/c1-8(2)19-7-20(16)14-12-11(10(23-3)6-18-14)9(5-17-12)13(21)15(22)24-4/h5-7,17H,1,16H2,2-4H3/b19-7-. The maximum atomic E-state index is 12.2. The maximum absolute atomic E-state index is 12.2. The van der Waals surface area contributed by atoms with Crippen LogP contribution in [0.2, 0.25) is 0 Å². The fourth-order valence-corrected chi connectivity index (χ4v) is 2.05. The van der Waals surface area contributed by atoms with Crippen molar-refractivity contribution in [3.8, 4) is 5.75 Å². The zero-order chi connectivity index (χ0) is 17.9. The van der Waals surface area contributed by atoms with E-state index in [0.717, 1.165) is 7.11 Å². The Morgan fingerprint density at radius 2 is 2.17 bits per heavy atom. The van der Waals surface area contributed by atoms with Crippen LogP contribution in [0, 0.1) is 0 Å². The van der Waals surface area contributed by atoms with E-state index in [0.29, 0.717) is 28.2 Å². The van der Waals surface area contributed by atoms with Gasteiger partial charge >= 0.3 is 5.97 Å². The third kappa shape index (κ3) is 3.10. The molecule has 9 heteroatoms. The molecule has 0 aromatic carbocycles. The van der Waals surface area contributed by atoms with Gasteiger partial charge in [0.1, 0.15) is 12.1 Å². The van der Waals surface area contributed by atoms with Crippen LogP contribution in [0.3, 0.4) is 0 Å². The quantitative estimate of drug-likeness (QED) is 0.155. The summed E-state index contributed by atoms with van der Waals surface area (Å²) in [6.07, 6.45) is 4.11. The molecule has 0 radical (unpaired) electrons. The Labute approximate surface area is 137 Å². The van der Waals surface area contributed by atoms with Gasteiger partial charge in [-0.25, -0.2) is 25.6 Å². The van der Waals surface area contributed by atoms with Crippen LogP contribution in [0.15, 0.2) is 29.7 Å². The van der Waals surface area contributed by atoms with Crippen molar-refractivity contribution in [2.75, 3.05) is 19.2 Å². The number of ether oxygens (including phenoxy) is 2. The lowest BCUT2D eigenvalue weighted by Gasteiger charge is -2.14. The molecular formula is C15H17N5O4. The number of rotatable bonds is 6. The summed E-state index contributed by atoms with van der Waals surface area (Å²) >= 11 is 0. The van der Waals surface area contributed by atoms with Gasteiger partial charge in [-0.1, -0.05) is 6.58 Å². The zero-order valence-corrected chi connectivity index (χ0v) is 13.5. The minimum Gasteiger partial charge on any atom is -0.494 e. The topological polar surface area (TPSA) is 123 Å². The summed E-state index contributed by atoms with van der Waals surface area (Å²) < 4.78 is 9.71. The van der Waals surface area contributed by atoms with Crippen molar-refractivity contribution in [1.82, 2.24) is 9.97 Å². The number of nitrogens with two attached hydrogens (primary N) is 1. The highest BCUT2D eigenvalue weighted by molar-refractivity contribution is 6.43. The number of hydrogen-bond acceptors (Lipinski definition) is 7. The minimum atomic E-state index is -0.982. The lowest BCUT2D eigenvalue weighted by Crippen LogP contribution is -2.30. The smallest absolute Gasteiger partial charge is 0.379 e. The zero-order valence-electron chi connectivity index (χ0n) is 13.5. The molecule has 0 aliphatic heterocycles. The van der Waals surface area contributed by atoms with Crippen molar-refractivity contribution < 1.29 is 19.1 Å². The molecule has 24 heavy (non-hydrogen) atoms. The molecule has 0 bridgehead atoms. The van der Waals surface area contributed by atoms with Crippen LogP contribution in [0.5, 0.6) is 5.75 Å². The molecule has 0 saturated heterocycles. The first-order valence-electron chi connectivity index (χ1n) is 6.81. The molecule has 0 aliphatic rings. The second kappa shape index (κ2) is 6.92. The summed E-state index contributed by atoms with van der Waals surface area (Å²) in [5.41, 5.74) is 1.07. The summed E-state index contributed by atoms with van der Waals surface area (Å²) in [6.45, 7) is 5.35. The van der Waals surface area contributed by atoms with Crippen LogP contribution >= 0.6 is 0 Å². The molecule has 2 aromatic heterocycles. The summed E-state index contributed by atoms with van der Waals surface area (Å²) in [6, 6.07) is 0. The van der Waals surface area contributed by atoms with Crippen molar-refractivity contribution in [3.63, 3.8) is 0 Å². The molecule has 0 amide bonds. The number of hydrogen-bond donors (Lipinski definition) is 2. The number of carbonyl (C=O) groups excluding carboxylic acids is 2. The van der Waals surface area contributed by atoms with Gasteiger partial charge in [-0.15, -0.1) is 0 Å². The number of aromatic nitrogens is 2. The van der Waals surface area contributed by atoms with E-state index in [1.165, 1.54) is 30.9 Å². The molecule has 2 aromatic rings. The number of H-pyrrole nitrogens is 1. The Kier molecular flexibility index (Phi) is 4.95. The Bertz CT molecular complexity index is 840. The maximum Gasteiger partial charge on any atom is 0.379 e. The van der Waals surface area contributed by atoms with Gasteiger partial charge in [-0.3, -0.25) is 4.79 Å². The monoisotopic (exact) mass is 331 g/mol. The normalized spacial score (nSPS) is 10.8. The number of ketones is 1. The van der Waals surface area contributed by atoms with Crippen molar-refractivity contribution in [2.45, 2.75) is 6.92 Å². The molecule has 2 rings (SSSR count). The van der Waals surface area contributed by atoms with Crippen molar-refractivity contribution in [1.29, 1.82) is 0 Å². The van der Waals surface area contributed by atoms with Gasteiger partial charge in [0.25, 0.3) is 5.78 Å². The van der Waals surface area contributed by atoms with Crippen LogP contribution in [0.25, 0.3) is 10.9 Å². The minimum absolute atomic E-state index is 0.0996. The van der Waals surface area contributed by atoms with Gasteiger partial charge < -0.3 is 14.5 Å². The van der Waals surface area contributed by atoms with Gasteiger partial charge in [0.2, 0.25) is 0 Å². The number of hydrazine groups is 1. The Morgan fingerprint density at radius 3 is 2.75 bits per heavy atom. The number of carbonyl (C=O) groups is 2. The highest BCUT2D eigenvalue weighted by Gasteiger charge is 2.25. The number of allylic oxidation sites excluding steroid dienone is 1. The second-order valence-electron chi connectivity index (χ2n) is 4.81. The molecule has 0 saturated carbocycles. The van der Waals surface area contributed by atoms with Crippen LogP contribution in [-0.4, -0.2) is 42.3 Å². The number of Topliss-reactive ketones (excluding diaryl/α,β-unsaturated/α-hetero) is 1. The third-order valence-corrected chi connectivity index (χ3v) is 3.14. The predicted molar refractivity (Wildman–Crippen MR) is 89.0 cm³/mol. The number of nitrogens with one attached hydrogen (secondary N) is 1. The summed E-state index contributed by atoms with van der Waals surface area (Å²) in [7, 11) is 2.56. The molecule has 0 fully saturated rings. The third-order valence-electron chi connectivity index (χ3n) is 3.14. The van der Waals surface area contributed by atoms with Crippen LogP contribution < -0.4 is 15.6 Å². The molecule has 0 spiro atoms. The highest BCUT2D eigenvalue weighted by atomic mass is 16.5. The molecule has 3 N–H and O–H groups in total. The number of nitrogens with zero attached hydrogens (tertiary/aromatic N) is 3. The van der Waals surface area contributed by atoms with Gasteiger partial charge in [0, 0.05) is 11.9 Å². The fraction of sp³-hybridized carbons (Fsp3) is 0.200. The fourth-order valence-electron chi connectivity index (χ4n) is 2.05. The van der Waals surface area contributed by atoms with Crippen LogP contribution in [-0.2, 0) is 9.53 Å². The molecular weight excluding hydrogens is 314 g/mol. The van der Waals surface area contributed by atoms with Gasteiger partial charge in [-0.2, -0.15) is 0 Å². The number of fused-ring (bicyclic) bond motifs is 1. The summed E-state index contributed by atoms with van der Waals surface area (Å²) in [4.78, 5) is 34.8. The van der Waals surface area contributed by atoms with E-state index in [2.05, 4.69) is 26.3 Å². The van der Waals surface area contributed by atoms with E-state index in [-0.39, 0.29) is 5.56 Å². The number of aromatic amines is 1. The van der Waals surface area contributed by atoms with E-state index in [4.69, 9.17) is 10.6 Å². The Balaban J connectivity index is 2.62. The van der Waals surface area contributed by atoms with E-state index < -0.39 is 11.8 Å². The summed E-state index contributed by atoms with van der Waals surface area (Å²) in [5, 5.41) is 1.54. The Hall–Kier alpha value is -3.20. The van der Waals surface area contributed by atoms with E-state index in [1.54, 1.807) is 6.92 Å². The lowest BCUT2D eigenvalue weighted by molar-refractivity contribution is -0.135. The summed E-state index contributed by atoms with van der Waals surface area (Å²) in [5.74, 6) is 4.73. The number of esters is 1. The van der Waals surface area contributed by atoms with Gasteiger partial charge in [0.15, 0.2) is 5.82 Å². The number of methoxy groups -OCH3 is 2. The number of aliphatic imine (C=N–C) groups is 1. The number of pyridine rings is 1. The lowest BCUT2D eigenvalue weighted by atomic mass is 10.1. The van der Waals surface area contributed by atoms with Crippen LogP contribution in [0.1, 0.15) is 17.3 Å². The van der Waals surface area contributed by atoms with Gasteiger partial charge in [-0.05, 0) is 6.92 Å². The molecule has 0 aliphatic carbocycles. The van der Waals surface area contributed by atoms with E-state index in [9.17, 15) is 9.59 Å². The largest absolute Gasteiger partial charge is 0.494 e. The molecule has 9 nitrogen and oxygen atoms in total. The van der Waals surface area contributed by atoms with Crippen molar-refractivity contribution in [2.24, 2.45) is 10.8 Å². The first-order chi connectivity index (χ1) is 11.4. The predicted octanol–water partition coefficient (Wildman–Crippen LogP) is 1.17. The Morgan fingerprint density at radius 1 is 1.46 bits per heavy atom. The molecule has 0 atom stereocenters. The van der Waals surface area contributed by atoms with Crippen molar-refractivity contribution in [3.05, 3.63) is 30.2 Å². The highest BCUT2D eigenvalue weighted by Crippen LogP contribution is 2.33.